The lowest BCUT2D eigenvalue weighted by Gasteiger charge is -2.15. The number of rotatable bonds is 4. The maximum absolute atomic E-state index is 13.9. The van der Waals surface area contributed by atoms with Gasteiger partial charge in [0.2, 0.25) is 0 Å². The van der Waals surface area contributed by atoms with E-state index in [1.54, 1.807) is 25.1 Å². The second-order valence-corrected chi connectivity index (χ2v) is 3.13. The molecule has 0 saturated heterocycles. The molecule has 1 aromatic rings. The number of nitro groups is 1. The summed E-state index contributed by atoms with van der Waals surface area (Å²) in [6, 6.07) is 7.79. The van der Waals surface area contributed by atoms with Crippen molar-refractivity contribution in [2.45, 2.75) is 25.6 Å². The van der Waals surface area contributed by atoms with Crippen LogP contribution >= 0.6 is 0 Å². The fourth-order valence-electron chi connectivity index (χ4n) is 1.37. The molecule has 0 bridgehead atoms. The van der Waals surface area contributed by atoms with E-state index in [0.717, 1.165) is 0 Å². The largest absolute Gasteiger partial charge is 0.384 e. The quantitative estimate of drug-likeness (QED) is 0.423. The summed E-state index contributed by atoms with van der Waals surface area (Å²) in [6.45, 7) is 1.72. The van der Waals surface area contributed by atoms with E-state index in [4.69, 9.17) is 0 Å². The van der Waals surface area contributed by atoms with Crippen LogP contribution in [0.3, 0.4) is 0 Å². The third-order valence-electron chi connectivity index (χ3n) is 2.09. The van der Waals surface area contributed by atoms with Gasteiger partial charge in [0.15, 0.2) is 0 Å². The summed E-state index contributed by atoms with van der Waals surface area (Å²) < 4.78 is 13.9. The Labute approximate surface area is 81.7 Å². The van der Waals surface area contributed by atoms with Crippen molar-refractivity contribution in [1.82, 2.24) is 0 Å². The number of benzene rings is 1. The molecular weight excluding hydrogens is 185 g/mol. The minimum Gasteiger partial charge on any atom is -0.261 e. The third kappa shape index (κ3) is 1.89. The van der Waals surface area contributed by atoms with E-state index in [-0.39, 0.29) is 12.0 Å². The highest BCUT2D eigenvalue weighted by Crippen LogP contribution is 2.31. The maximum atomic E-state index is 13.9. The van der Waals surface area contributed by atoms with Crippen molar-refractivity contribution in [1.29, 1.82) is 0 Å². The molecule has 1 aromatic carbocycles. The van der Waals surface area contributed by atoms with Crippen LogP contribution in [0.1, 0.15) is 25.3 Å². The Kier molecular flexibility index (Phi) is 3.17. The summed E-state index contributed by atoms with van der Waals surface area (Å²) in [7, 11) is 0. The average molecular weight is 197 g/mol. The van der Waals surface area contributed by atoms with E-state index in [9.17, 15) is 14.5 Å². The summed E-state index contributed by atoms with van der Waals surface area (Å²) in [5.74, 6) is -2.43. The van der Waals surface area contributed by atoms with E-state index in [1.807, 2.05) is 0 Å². The maximum Gasteiger partial charge on any atom is 0.384 e. The van der Waals surface area contributed by atoms with Gasteiger partial charge in [-0.05, 0) is 18.6 Å². The first kappa shape index (κ1) is 10.6. The van der Waals surface area contributed by atoms with Crippen molar-refractivity contribution in [2.24, 2.45) is 0 Å². The van der Waals surface area contributed by atoms with Gasteiger partial charge in [-0.1, -0.05) is 25.1 Å². The zero-order chi connectivity index (χ0) is 10.6. The normalized spacial score (nSPS) is 14.7. The number of alkyl halides is 1. The molecule has 0 aliphatic carbocycles. The van der Waals surface area contributed by atoms with Crippen molar-refractivity contribution in [3.63, 3.8) is 0 Å². The molecule has 14 heavy (non-hydrogen) atoms. The Morgan fingerprint density at radius 1 is 1.43 bits per heavy atom. The first-order valence-corrected chi connectivity index (χ1v) is 4.50. The van der Waals surface area contributed by atoms with E-state index < -0.39 is 10.7 Å². The molecule has 4 heteroatoms. The van der Waals surface area contributed by atoms with Crippen LogP contribution in [-0.4, -0.2) is 4.92 Å². The summed E-state index contributed by atoms with van der Waals surface area (Å²) >= 11 is 0. The first-order valence-electron chi connectivity index (χ1n) is 4.50. The van der Waals surface area contributed by atoms with Crippen LogP contribution in [0.5, 0.6) is 0 Å². The molecule has 0 spiro atoms. The monoisotopic (exact) mass is 197 g/mol. The topological polar surface area (TPSA) is 43.1 Å². The molecule has 0 amide bonds. The molecule has 1 atom stereocenters. The SMILES string of the molecule is CCCC(F)(c1ccccc1)[N+](=O)[O-]. The van der Waals surface area contributed by atoms with Crippen molar-refractivity contribution in [3.8, 4) is 0 Å². The number of hydrogen-bond donors (Lipinski definition) is 0. The second kappa shape index (κ2) is 4.17. The lowest BCUT2D eigenvalue weighted by molar-refractivity contribution is -0.618. The highest BCUT2D eigenvalue weighted by Gasteiger charge is 2.43. The third-order valence-corrected chi connectivity index (χ3v) is 2.09. The van der Waals surface area contributed by atoms with Gasteiger partial charge in [-0.25, -0.2) is 0 Å². The standard InChI is InChI=1S/C10H12FNO2/c1-2-8-10(11,12(13)14)9-6-4-3-5-7-9/h3-7H,2,8H2,1H3. The van der Waals surface area contributed by atoms with E-state index in [2.05, 4.69) is 0 Å². The number of hydrogen-bond acceptors (Lipinski definition) is 2. The number of nitrogens with zero attached hydrogens (tertiary/aromatic N) is 1. The van der Waals surface area contributed by atoms with Crippen LogP contribution in [0.15, 0.2) is 30.3 Å². The van der Waals surface area contributed by atoms with Crippen LogP contribution in [0.4, 0.5) is 4.39 Å². The molecule has 0 N–H and O–H groups in total. The molecule has 0 fully saturated rings. The van der Waals surface area contributed by atoms with Gasteiger partial charge >= 0.3 is 5.79 Å². The van der Waals surface area contributed by atoms with Crippen molar-refractivity contribution >= 4 is 0 Å². The van der Waals surface area contributed by atoms with Gasteiger partial charge in [0.05, 0.1) is 16.9 Å². The molecule has 1 rings (SSSR count). The smallest absolute Gasteiger partial charge is 0.261 e. The molecule has 3 nitrogen and oxygen atoms in total. The number of halogens is 1. The fraction of sp³-hybridized carbons (Fsp3) is 0.400. The van der Waals surface area contributed by atoms with Gasteiger partial charge < -0.3 is 0 Å². The Morgan fingerprint density at radius 2 is 2.00 bits per heavy atom. The van der Waals surface area contributed by atoms with Crippen LogP contribution in [0.25, 0.3) is 0 Å². The van der Waals surface area contributed by atoms with E-state index in [0.29, 0.717) is 6.42 Å². The summed E-state index contributed by atoms with van der Waals surface area (Å²) in [5.41, 5.74) is 0.117. The molecule has 1 unspecified atom stereocenters. The lowest BCUT2D eigenvalue weighted by atomic mass is 10.0. The predicted molar refractivity (Wildman–Crippen MR) is 51.1 cm³/mol. The van der Waals surface area contributed by atoms with Crippen molar-refractivity contribution in [3.05, 3.63) is 46.0 Å². The van der Waals surface area contributed by atoms with Gasteiger partial charge in [-0.2, -0.15) is 4.39 Å². The molecule has 0 aliphatic heterocycles. The van der Waals surface area contributed by atoms with Crippen LogP contribution in [-0.2, 0) is 5.79 Å². The molecule has 0 saturated carbocycles. The predicted octanol–water partition coefficient (Wildman–Crippen LogP) is 2.89. The van der Waals surface area contributed by atoms with Crippen LogP contribution < -0.4 is 0 Å². The zero-order valence-corrected chi connectivity index (χ0v) is 7.94. The van der Waals surface area contributed by atoms with Gasteiger partial charge in [-0.3, -0.25) is 10.1 Å². The zero-order valence-electron chi connectivity index (χ0n) is 7.94. The summed E-state index contributed by atoms with van der Waals surface area (Å²) in [4.78, 5) is 9.79. The lowest BCUT2D eigenvalue weighted by Crippen LogP contribution is -2.29. The first-order chi connectivity index (χ1) is 6.61. The van der Waals surface area contributed by atoms with E-state index in [1.165, 1.54) is 12.1 Å². The van der Waals surface area contributed by atoms with E-state index >= 15 is 0 Å². The van der Waals surface area contributed by atoms with Gasteiger partial charge in [0, 0.05) is 0 Å². The summed E-state index contributed by atoms with van der Waals surface area (Å²) in [5, 5.41) is 10.6. The highest BCUT2D eigenvalue weighted by atomic mass is 19.1. The Bertz CT molecular complexity index is 315. The van der Waals surface area contributed by atoms with Gasteiger partial charge in [0.1, 0.15) is 0 Å². The van der Waals surface area contributed by atoms with Gasteiger partial charge in [0.25, 0.3) is 0 Å². The minimum absolute atomic E-state index is 0.0932. The van der Waals surface area contributed by atoms with Crippen LogP contribution in [0.2, 0.25) is 0 Å². The van der Waals surface area contributed by atoms with Gasteiger partial charge in [-0.15, -0.1) is 0 Å². The highest BCUT2D eigenvalue weighted by molar-refractivity contribution is 5.19. The second-order valence-electron chi connectivity index (χ2n) is 3.13. The molecule has 0 radical (unpaired) electrons. The Balaban J connectivity index is 3.06. The molecular formula is C10H12FNO2. The van der Waals surface area contributed by atoms with Crippen LogP contribution in [0, 0.1) is 10.1 Å². The van der Waals surface area contributed by atoms with Crippen molar-refractivity contribution in [2.75, 3.05) is 0 Å². The molecule has 76 valence electrons. The summed E-state index contributed by atoms with van der Waals surface area (Å²) in [6.07, 6.45) is 0.344. The Morgan fingerprint density at radius 3 is 2.43 bits per heavy atom. The molecule has 0 heterocycles. The minimum atomic E-state index is -2.43. The Hall–Kier alpha value is -1.45. The average Bonchev–Trinajstić information content (AvgIpc) is 2.19. The fourth-order valence-corrected chi connectivity index (χ4v) is 1.37. The molecule has 0 aliphatic rings. The van der Waals surface area contributed by atoms with Crippen molar-refractivity contribution < 1.29 is 9.31 Å². The molecule has 0 aromatic heterocycles.